The molecular formula is C21H19OP. The third kappa shape index (κ3) is 3.11. The van der Waals surface area contributed by atoms with Crippen molar-refractivity contribution in [3.05, 3.63) is 89.5 Å². The highest BCUT2D eigenvalue weighted by atomic mass is 31.1. The van der Waals surface area contributed by atoms with Crippen molar-refractivity contribution in [3.63, 3.8) is 0 Å². The van der Waals surface area contributed by atoms with Crippen LogP contribution >= 0.6 is 7.92 Å². The molecule has 23 heavy (non-hydrogen) atoms. The molecule has 0 amide bonds. The fourth-order valence-corrected chi connectivity index (χ4v) is 5.53. The second kappa shape index (κ2) is 6.89. The number of carbonyl (C=O) groups is 1. The Hall–Kier alpha value is -2.24. The summed E-state index contributed by atoms with van der Waals surface area (Å²) in [4.78, 5) is 11.6. The van der Waals surface area contributed by atoms with Crippen LogP contribution in [0.3, 0.4) is 0 Å². The summed E-state index contributed by atoms with van der Waals surface area (Å²) in [6.07, 6.45) is 0.973. The molecule has 0 saturated carbocycles. The highest BCUT2D eigenvalue weighted by Crippen LogP contribution is 2.36. The molecule has 0 aliphatic rings. The van der Waals surface area contributed by atoms with E-state index in [-0.39, 0.29) is 0 Å². The van der Waals surface area contributed by atoms with Gasteiger partial charge in [0.05, 0.1) is 0 Å². The molecule has 3 aromatic rings. The number of aryl methyl sites for hydroxylation is 2. The summed E-state index contributed by atoms with van der Waals surface area (Å²) in [5.41, 5.74) is 3.32. The lowest BCUT2D eigenvalue weighted by Gasteiger charge is -2.24. The van der Waals surface area contributed by atoms with E-state index < -0.39 is 7.92 Å². The maximum Gasteiger partial charge on any atom is 0.150 e. The lowest BCUT2D eigenvalue weighted by molar-refractivity contribution is 0.112. The molecule has 0 aliphatic heterocycles. The van der Waals surface area contributed by atoms with Gasteiger partial charge in [0.1, 0.15) is 0 Å². The largest absolute Gasteiger partial charge is 0.298 e. The predicted octanol–water partition coefficient (Wildman–Crippen LogP) is 3.87. The first-order chi connectivity index (χ1) is 11.2. The lowest BCUT2D eigenvalue weighted by Crippen LogP contribution is -2.26. The van der Waals surface area contributed by atoms with Crippen LogP contribution in [0.1, 0.15) is 21.5 Å². The Bertz CT molecular complexity index is 793. The van der Waals surface area contributed by atoms with Gasteiger partial charge < -0.3 is 0 Å². The zero-order valence-electron chi connectivity index (χ0n) is 13.4. The minimum atomic E-state index is -0.746. The van der Waals surface area contributed by atoms with Crippen molar-refractivity contribution < 1.29 is 4.79 Å². The molecule has 0 N–H and O–H groups in total. The summed E-state index contributed by atoms with van der Waals surface area (Å²) < 4.78 is 0. The Morgan fingerprint density at radius 2 is 1.09 bits per heavy atom. The van der Waals surface area contributed by atoms with Gasteiger partial charge in [0, 0.05) is 5.56 Å². The van der Waals surface area contributed by atoms with Crippen molar-refractivity contribution in [1.29, 1.82) is 0 Å². The van der Waals surface area contributed by atoms with Crippen LogP contribution in [-0.4, -0.2) is 6.29 Å². The smallest absolute Gasteiger partial charge is 0.150 e. The van der Waals surface area contributed by atoms with Crippen LogP contribution in [-0.2, 0) is 0 Å². The van der Waals surface area contributed by atoms with E-state index in [0.717, 1.165) is 17.2 Å². The van der Waals surface area contributed by atoms with E-state index in [9.17, 15) is 4.79 Å². The minimum Gasteiger partial charge on any atom is -0.298 e. The molecule has 0 unspecified atom stereocenters. The number of rotatable bonds is 4. The van der Waals surface area contributed by atoms with Gasteiger partial charge in [-0.15, -0.1) is 0 Å². The Morgan fingerprint density at radius 3 is 1.57 bits per heavy atom. The molecule has 2 heteroatoms. The van der Waals surface area contributed by atoms with Crippen LogP contribution in [0.4, 0.5) is 0 Å². The second-order valence-electron chi connectivity index (χ2n) is 5.59. The topological polar surface area (TPSA) is 17.1 Å². The molecule has 0 aliphatic carbocycles. The van der Waals surface area contributed by atoms with Crippen LogP contribution < -0.4 is 15.9 Å². The zero-order valence-corrected chi connectivity index (χ0v) is 14.3. The Labute approximate surface area is 138 Å². The van der Waals surface area contributed by atoms with Gasteiger partial charge in [0.15, 0.2) is 6.29 Å². The summed E-state index contributed by atoms with van der Waals surface area (Å²) in [5.74, 6) is 0. The van der Waals surface area contributed by atoms with Gasteiger partial charge >= 0.3 is 0 Å². The number of hydrogen-bond acceptors (Lipinski definition) is 1. The fourth-order valence-electron chi connectivity index (χ4n) is 2.81. The monoisotopic (exact) mass is 318 g/mol. The van der Waals surface area contributed by atoms with Crippen LogP contribution in [0.2, 0.25) is 0 Å². The number of benzene rings is 3. The third-order valence-corrected chi connectivity index (χ3v) is 6.87. The first-order valence-corrected chi connectivity index (χ1v) is 9.02. The number of aldehydes is 1. The summed E-state index contributed by atoms with van der Waals surface area (Å²) in [6.45, 7) is 4.29. The van der Waals surface area contributed by atoms with E-state index in [4.69, 9.17) is 0 Å². The summed E-state index contributed by atoms with van der Waals surface area (Å²) in [7, 11) is -0.746. The van der Waals surface area contributed by atoms with Crippen LogP contribution in [0.5, 0.6) is 0 Å². The molecule has 0 aromatic heterocycles. The van der Waals surface area contributed by atoms with Crippen LogP contribution in [0.15, 0.2) is 72.8 Å². The molecular weight excluding hydrogens is 299 g/mol. The second-order valence-corrected chi connectivity index (χ2v) is 7.70. The van der Waals surface area contributed by atoms with Gasteiger partial charge in [-0.25, -0.2) is 0 Å². The lowest BCUT2D eigenvalue weighted by atomic mass is 10.2. The Morgan fingerprint density at radius 1 is 0.652 bits per heavy atom. The SMILES string of the molecule is Cc1ccccc1P(c1ccccc1C)c1ccccc1C=O. The summed E-state index contributed by atoms with van der Waals surface area (Å²) in [6, 6.07) is 24.9. The van der Waals surface area contributed by atoms with Crippen molar-refractivity contribution >= 4 is 30.1 Å². The van der Waals surface area contributed by atoms with Crippen molar-refractivity contribution in [2.45, 2.75) is 13.8 Å². The zero-order chi connectivity index (χ0) is 16.2. The Kier molecular flexibility index (Phi) is 4.69. The molecule has 0 bridgehead atoms. The highest BCUT2D eigenvalue weighted by Gasteiger charge is 2.21. The van der Waals surface area contributed by atoms with Crippen molar-refractivity contribution in [2.24, 2.45) is 0 Å². The average Bonchev–Trinajstić information content (AvgIpc) is 2.59. The average molecular weight is 318 g/mol. The fraction of sp³-hybridized carbons (Fsp3) is 0.0952. The molecule has 0 saturated heterocycles. The molecule has 0 fully saturated rings. The molecule has 3 rings (SSSR count). The maximum absolute atomic E-state index is 11.6. The van der Waals surface area contributed by atoms with Gasteiger partial charge in [-0.3, -0.25) is 4.79 Å². The third-order valence-electron chi connectivity index (χ3n) is 4.02. The normalized spacial score (nSPS) is 10.7. The van der Waals surface area contributed by atoms with Gasteiger partial charge in [-0.05, 0) is 48.8 Å². The molecule has 0 atom stereocenters. The molecule has 0 radical (unpaired) electrons. The van der Waals surface area contributed by atoms with Crippen molar-refractivity contribution in [3.8, 4) is 0 Å². The summed E-state index contributed by atoms with van der Waals surface area (Å²) in [5, 5.41) is 3.75. The van der Waals surface area contributed by atoms with E-state index in [1.54, 1.807) is 0 Å². The van der Waals surface area contributed by atoms with Crippen LogP contribution in [0.25, 0.3) is 0 Å². The van der Waals surface area contributed by atoms with E-state index >= 15 is 0 Å². The first-order valence-electron chi connectivity index (χ1n) is 7.68. The quantitative estimate of drug-likeness (QED) is 0.527. The number of carbonyl (C=O) groups excluding carboxylic acids is 1. The number of hydrogen-bond donors (Lipinski definition) is 0. The van der Waals surface area contributed by atoms with Gasteiger partial charge in [0.2, 0.25) is 0 Å². The van der Waals surface area contributed by atoms with E-state index in [2.05, 4.69) is 68.4 Å². The van der Waals surface area contributed by atoms with E-state index in [1.807, 2.05) is 18.2 Å². The molecule has 0 heterocycles. The molecule has 114 valence electrons. The van der Waals surface area contributed by atoms with Crippen molar-refractivity contribution in [1.82, 2.24) is 0 Å². The van der Waals surface area contributed by atoms with Gasteiger partial charge in [-0.2, -0.15) is 0 Å². The Balaban J connectivity index is 2.29. The van der Waals surface area contributed by atoms with E-state index in [1.165, 1.54) is 21.7 Å². The first kappa shape index (κ1) is 15.6. The van der Waals surface area contributed by atoms with Crippen molar-refractivity contribution in [2.75, 3.05) is 0 Å². The predicted molar refractivity (Wildman–Crippen MR) is 100 cm³/mol. The molecule has 3 aromatic carbocycles. The maximum atomic E-state index is 11.6. The van der Waals surface area contributed by atoms with Crippen LogP contribution in [0, 0.1) is 13.8 Å². The standard InChI is InChI=1S/C21H19OP/c1-16-9-3-6-12-19(16)23(20-13-7-4-10-17(20)2)21-14-8-5-11-18(21)15-22/h3-15H,1-2H3. The van der Waals surface area contributed by atoms with Gasteiger partial charge in [-0.1, -0.05) is 72.8 Å². The summed E-state index contributed by atoms with van der Waals surface area (Å²) >= 11 is 0. The minimum absolute atomic E-state index is 0.746. The van der Waals surface area contributed by atoms with E-state index in [0.29, 0.717) is 0 Å². The molecule has 1 nitrogen and oxygen atoms in total. The highest BCUT2D eigenvalue weighted by molar-refractivity contribution is 7.80. The van der Waals surface area contributed by atoms with Gasteiger partial charge in [0.25, 0.3) is 0 Å². The molecule has 0 spiro atoms.